The van der Waals surface area contributed by atoms with E-state index < -0.39 is 29.4 Å². The number of para-hydroxylation sites is 1. The van der Waals surface area contributed by atoms with Crippen LogP contribution in [0.4, 0.5) is 5.69 Å². The number of hydrogen-bond donors (Lipinski definition) is 1. The van der Waals surface area contributed by atoms with E-state index in [1.165, 1.54) is 11.8 Å². The van der Waals surface area contributed by atoms with Crippen LogP contribution in [-0.2, 0) is 19.1 Å². The topological polar surface area (TPSA) is 87.2 Å². The Balaban J connectivity index is 2.51. The summed E-state index contributed by atoms with van der Waals surface area (Å²) in [6.45, 7) is 6.09. The Kier molecular flexibility index (Phi) is 6.82. The van der Waals surface area contributed by atoms with Gasteiger partial charge in [-0.1, -0.05) is 25.1 Å². The highest BCUT2D eigenvalue weighted by Gasteiger charge is 2.52. The van der Waals surface area contributed by atoms with Gasteiger partial charge < -0.3 is 19.6 Å². The Morgan fingerprint density at radius 3 is 2.48 bits per heavy atom. The molecule has 2 atom stereocenters. The average Bonchev–Trinajstić information content (AvgIpc) is 3.16. The first-order chi connectivity index (χ1) is 12.9. The first-order valence-corrected chi connectivity index (χ1v) is 9.41. The second-order valence-electron chi connectivity index (χ2n) is 6.77. The molecule has 1 saturated heterocycles. The van der Waals surface area contributed by atoms with Crippen molar-refractivity contribution in [2.45, 2.75) is 51.6 Å². The standard InChI is InChI=1S/C20H28N2O5/c1-4-13-22(15-10-7-6-8-11-15)20(3,19(26)27-5-2)18(25)21-14-9-12-16(21)17(23)24/h6-8,10-11,16H,4-5,9,12-14H2,1-3H3,(H,23,24)/t16-,20-/m0/s1. The minimum absolute atomic E-state index is 0.138. The van der Waals surface area contributed by atoms with Crippen LogP contribution in [0.3, 0.4) is 0 Å². The summed E-state index contributed by atoms with van der Waals surface area (Å²) in [7, 11) is 0. The summed E-state index contributed by atoms with van der Waals surface area (Å²) in [5.41, 5.74) is -0.917. The Labute approximate surface area is 159 Å². The van der Waals surface area contributed by atoms with E-state index in [-0.39, 0.29) is 6.61 Å². The molecule has 7 heteroatoms. The molecule has 0 radical (unpaired) electrons. The number of carboxylic acids is 1. The molecule has 0 bridgehead atoms. The summed E-state index contributed by atoms with van der Waals surface area (Å²) in [5.74, 6) is -2.24. The fraction of sp³-hybridized carbons (Fsp3) is 0.550. The minimum Gasteiger partial charge on any atom is -0.480 e. The number of anilines is 1. The van der Waals surface area contributed by atoms with Crippen molar-refractivity contribution in [1.29, 1.82) is 0 Å². The van der Waals surface area contributed by atoms with Crippen LogP contribution in [0.1, 0.15) is 40.0 Å². The molecule has 7 nitrogen and oxygen atoms in total. The second-order valence-corrected chi connectivity index (χ2v) is 6.77. The van der Waals surface area contributed by atoms with Gasteiger partial charge in [-0.2, -0.15) is 0 Å². The third-order valence-corrected chi connectivity index (χ3v) is 4.94. The number of benzene rings is 1. The number of esters is 1. The zero-order valence-electron chi connectivity index (χ0n) is 16.2. The molecule has 2 rings (SSSR count). The molecule has 27 heavy (non-hydrogen) atoms. The molecular formula is C20H28N2O5. The fourth-order valence-electron chi connectivity index (χ4n) is 3.57. The van der Waals surface area contributed by atoms with Crippen molar-refractivity contribution < 1.29 is 24.2 Å². The predicted octanol–water partition coefficient (Wildman–Crippen LogP) is 2.30. The molecule has 0 aromatic heterocycles. The Bertz CT molecular complexity index is 678. The lowest BCUT2D eigenvalue weighted by molar-refractivity contribution is -0.160. The summed E-state index contributed by atoms with van der Waals surface area (Å²) < 4.78 is 5.26. The van der Waals surface area contributed by atoms with E-state index >= 15 is 0 Å². The zero-order valence-corrected chi connectivity index (χ0v) is 16.2. The lowest BCUT2D eigenvalue weighted by Gasteiger charge is -2.42. The number of amides is 1. The lowest BCUT2D eigenvalue weighted by atomic mass is 9.95. The van der Waals surface area contributed by atoms with E-state index in [1.807, 2.05) is 37.3 Å². The number of nitrogens with zero attached hydrogens (tertiary/aromatic N) is 2. The first kappa shape index (κ1) is 20.7. The highest BCUT2D eigenvalue weighted by molar-refractivity contribution is 6.11. The molecule has 1 aromatic rings. The van der Waals surface area contributed by atoms with E-state index in [9.17, 15) is 19.5 Å². The number of carbonyl (C=O) groups excluding carboxylic acids is 2. The Hall–Kier alpha value is -2.57. The second kappa shape index (κ2) is 8.88. The predicted molar refractivity (Wildman–Crippen MR) is 101 cm³/mol. The van der Waals surface area contributed by atoms with Gasteiger partial charge in [-0.25, -0.2) is 9.59 Å². The van der Waals surface area contributed by atoms with Gasteiger partial charge in [0.2, 0.25) is 5.54 Å². The van der Waals surface area contributed by atoms with Gasteiger partial charge in [0, 0.05) is 18.8 Å². The van der Waals surface area contributed by atoms with Crippen molar-refractivity contribution in [1.82, 2.24) is 4.90 Å². The quantitative estimate of drug-likeness (QED) is 0.553. The SMILES string of the molecule is CCCN(c1ccccc1)[C@](C)(C(=O)OCC)C(=O)N1CCC[C@H]1C(=O)O. The first-order valence-electron chi connectivity index (χ1n) is 9.41. The fourth-order valence-corrected chi connectivity index (χ4v) is 3.57. The van der Waals surface area contributed by atoms with Crippen molar-refractivity contribution in [2.24, 2.45) is 0 Å². The van der Waals surface area contributed by atoms with Crippen LogP contribution >= 0.6 is 0 Å². The molecule has 1 fully saturated rings. The van der Waals surface area contributed by atoms with Gasteiger partial charge in [0.1, 0.15) is 6.04 Å². The summed E-state index contributed by atoms with van der Waals surface area (Å²) in [4.78, 5) is 41.1. The van der Waals surface area contributed by atoms with E-state index in [1.54, 1.807) is 11.8 Å². The van der Waals surface area contributed by atoms with E-state index in [0.29, 0.717) is 38.0 Å². The summed E-state index contributed by atoms with van der Waals surface area (Å²) in [5, 5.41) is 9.48. The maximum atomic E-state index is 13.5. The van der Waals surface area contributed by atoms with Gasteiger partial charge in [0.05, 0.1) is 6.61 Å². The Morgan fingerprint density at radius 2 is 1.93 bits per heavy atom. The van der Waals surface area contributed by atoms with Gasteiger partial charge in [0.25, 0.3) is 5.91 Å². The Morgan fingerprint density at radius 1 is 1.26 bits per heavy atom. The van der Waals surface area contributed by atoms with E-state index in [0.717, 1.165) is 0 Å². The highest BCUT2D eigenvalue weighted by atomic mass is 16.5. The number of carboxylic acid groups (broad SMARTS) is 1. The number of aliphatic carboxylic acids is 1. The van der Waals surface area contributed by atoms with Crippen LogP contribution in [0.15, 0.2) is 30.3 Å². The maximum Gasteiger partial charge on any atom is 0.341 e. The number of carbonyl (C=O) groups is 3. The molecule has 1 heterocycles. The smallest absolute Gasteiger partial charge is 0.341 e. The number of likely N-dealkylation sites (tertiary alicyclic amines) is 1. The highest BCUT2D eigenvalue weighted by Crippen LogP contribution is 2.31. The van der Waals surface area contributed by atoms with Crippen LogP contribution in [-0.4, -0.2) is 59.1 Å². The van der Waals surface area contributed by atoms with Crippen LogP contribution in [0.2, 0.25) is 0 Å². The van der Waals surface area contributed by atoms with Crippen molar-refractivity contribution in [3.63, 3.8) is 0 Å². The van der Waals surface area contributed by atoms with Gasteiger partial charge in [-0.05, 0) is 45.2 Å². The van der Waals surface area contributed by atoms with Gasteiger partial charge in [0.15, 0.2) is 0 Å². The van der Waals surface area contributed by atoms with Gasteiger partial charge in [-0.15, -0.1) is 0 Å². The van der Waals surface area contributed by atoms with Crippen LogP contribution < -0.4 is 4.90 Å². The van der Waals surface area contributed by atoms with Crippen molar-refractivity contribution in [3.8, 4) is 0 Å². The largest absolute Gasteiger partial charge is 0.480 e. The molecule has 1 aliphatic heterocycles. The molecule has 0 unspecified atom stereocenters. The molecule has 0 aliphatic carbocycles. The number of ether oxygens (including phenoxy) is 1. The van der Waals surface area contributed by atoms with Crippen LogP contribution in [0.5, 0.6) is 0 Å². The third kappa shape index (κ3) is 4.07. The van der Waals surface area contributed by atoms with Crippen molar-refractivity contribution >= 4 is 23.5 Å². The molecule has 0 saturated carbocycles. The van der Waals surface area contributed by atoms with Crippen molar-refractivity contribution in [2.75, 3.05) is 24.6 Å². The molecule has 1 aliphatic rings. The average molecular weight is 376 g/mol. The van der Waals surface area contributed by atoms with Crippen LogP contribution in [0.25, 0.3) is 0 Å². The monoisotopic (exact) mass is 376 g/mol. The number of rotatable bonds is 8. The maximum absolute atomic E-state index is 13.5. The van der Waals surface area contributed by atoms with E-state index in [4.69, 9.17) is 4.74 Å². The summed E-state index contributed by atoms with van der Waals surface area (Å²) in [6, 6.07) is 8.29. The van der Waals surface area contributed by atoms with Crippen molar-refractivity contribution in [3.05, 3.63) is 30.3 Å². The molecule has 1 aromatic carbocycles. The van der Waals surface area contributed by atoms with Gasteiger partial charge in [-0.3, -0.25) is 4.79 Å². The minimum atomic E-state index is -1.63. The summed E-state index contributed by atoms with van der Waals surface area (Å²) >= 11 is 0. The molecule has 1 N–H and O–H groups in total. The third-order valence-electron chi connectivity index (χ3n) is 4.94. The molecular weight excluding hydrogens is 348 g/mol. The van der Waals surface area contributed by atoms with Crippen LogP contribution in [0, 0.1) is 0 Å². The molecule has 1 amide bonds. The summed E-state index contributed by atoms with van der Waals surface area (Å²) in [6.07, 6.45) is 1.69. The number of hydrogen-bond acceptors (Lipinski definition) is 5. The van der Waals surface area contributed by atoms with Gasteiger partial charge >= 0.3 is 11.9 Å². The molecule has 0 spiro atoms. The molecule has 148 valence electrons. The lowest BCUT2D eigenvalue weighted by Crippen LogP contribution is -2.64. The van der Waals surface area contributed by atoms with E-state index in [2.05, 4.69) is 0 Å². The normalized spacial score (nSPS) is 18.6. The zero-order chi connectivity index (χ0) is 20.0.